The Morgan fingerprint density at radius 2 is 0.819 bits per heavy atom. The molecule has 0 rings (SSSR count). The molecule has 420 valence electrons. The molecule has 1 amide bonds. The lowest BCUT2D eigenvalue weighted by molar-refractivity contribution is -0.870. The maximum atomic E-state index is 13.0. The van der Waals surface area contributed by atoms with Crippen LogP contribution >= 0.6 is 7.82 Å². The molecule has 0 saturated heterocycles. The van der Waals surface area contributed by atoms with Gasteiger partial charge >= 0.3 is 0 Å². The van der Waals surface area contributed by atoms with Crippen LogP contribution < -0.4 is 10.2 Å². The van der Waals surface area contributed by atoms with Crippen molar-refractivity contribution in [2.24, 2.45) is 0 Å². The minimum atomic E-state index is -4.61. The van der Waals surface area contributed by atoms with Crippen LogP contribution in [-0.2, 0) is 18.4 Å². The first kappa shape index (κ1) is 69.9. The molecule has 0 bridgehead atoms. The Kier molecular flexibility index (Phi) is 52.2. The van der Waals surface area contributed by atoms with E-state index < -0.39 is 26.6 Å². The van der Waals surface area contributed by atoms with Crippen LogP contribution in [0.25, 0.3) is 0 Å². The number of hydrogen-bond acceptors (Lipinski definition) is 6. The summed E-state index contributed by atoms with van der Waals surface area (Å²) in [6.45, 7) is 4.61. The second-order valence-corrected chi connectivity index (χ2v) is 23.1. The van der Waals surface area contributed by atoms with E-state index in [1.807, 2.05) is 27.2 Å². The van der Waals surface area contributed by atoms with Crippen molar-refractivity contribution in [1.82, 2.24) is 5.32 Å². The standard InChI is InChI=1S/C63H117N2O6P/c1-6-8-10-12-14-16-18-20-22-24-25-26-27-28-29-30-31-32-33-34-35-36-37-38-39-41-43-45-47-49-51-53-55-57-63(67)64-61(60-71-72(68,69)70-59-58-65(3,4)5)62(66)56-54-52-50-48-46-44-42-40-23-21-19-17-15-13-11-9-7-2/h18,20,23-25,27-28,40,46,48,54,56,61-62,66H,6-17,19,21-22,26,29-39,41-45,47,49-53,55,57-60H2,1-5H3,(H-,64,67,68,69)/b20-18-,25-24-,28-27-,40-23+,48-46+,56-54+. The largest absolute Gasteiger partial charge is 0.756 e. The molecule has 0 aromatic heterocycles. The van der Waals surface area contributed by atoms with Gasteiger partial charge in [-0.05, 0) is 83.5 Å². The van der Waals surface area contributed by atoms with Crippen molar-refractivity contribution in [3.8, 4) is 0 Å². The van der Waals surface area contributed by atoms with E-state index in [1.165, 1.54) is 193 Å². The highest BCUT2D eigenvalue weighted by Gasteiger charge is 2.23. The number of nitrogens with one attached hydrogen (secondary N) is 1. The van der Waals surface area contributed by atoms with Gasteiger partial charge in [-0.3, -0.25) is 9.36 Å². The first-order valence-corrected chi connectivity index (χ1v) is 31.8. The van der Waals surface area contributed by atoms with Crippen molar-refractivity contribution >= 4 is 13.7 Å². The van der Waals surface area contributed by atoms with Gasteiger partial charge in [-0.25, -0.2) is 0 Å². The van der Waals surface area contributed by atoms with Gasteiger partial charge in [0.15, 0.2) is 0 Å². The third-order valence-electron chi connectivity index (χ3n) is 13.4. The Morgan fingerprint density at radius 1 is 0.486 bits per heavy atom. The number of carbonyl (C=O) groups is 1. The summed E-state index contributed by atoms with van der Waals surface area (Å²) in [5.74, 6) is -0.210. The Bertz CT molecular complexity index is 1400. The number of amides is 1. The molecule has 3 atom stereocenters. The Morgan fingerprint density at radius 3 is 1.22 bits per heavy atom. The summed E-state index contributed by atoms with van der Waals surface area (Å²) < 4.78 is 23.3. The summed E-state index contributed by atoms with van der Waals surface area (Å²) in [7, 11) is 1.24. The number of phosphoric ester groups is 1. The summed E-state index contributed by atoms with van der Waals surface area (Å²) in [4.78, 5) is 25.5. The molecular weight excluding hydrogens is 912 g/mol. The normalized spacial score (nSPS) is 14.4. The highest BCUT2D eigenvalue weighted by molar-refractivity contribution is 7.45. The number of unbranched alkanes of at least 4 members (excludes halogenated alkanes) is 32. The number of rotatable bonds is 55. The molecule has 8 nitrogen and oxygen atoms in total. The summed E-state index contributed by atoms with van der Waals surface area (Å²) in [6, 6.07) is -0.912. The Hall–Kier alpha value is -2.06. The van der Waals surface area contributed by atoms with Crippen LogP contribution in [0.4, 0.5) is 0 Å². The maximum absolute atomic E-state index is 13.0. The number of nitrogens with zero attached hydrogens (tertiary/aromatic N) is 1. The van der Waals surface area contributed by atoms with E-state index in [2.05, 4.69) is 79.9 Å². The molecule has 72 heavy (non-hydrogen) atoms. The van der Waals surface area contributed by atoms with E-state index in [-0.39, 0.29) is 12.5 Å². The average molecular weight is 1030 g/mol. The summed E-state index contributed by atoms with van der Waals surface area (Å²) in [5, 5.41) is 13.9. The number of hydrogen-bond donors (Lipinski definition) is 2. The van der Waals surface area contributed by atoms with Gasteiger partial charge in [0.2, 0.25) is 5.91 Å². The van der Waals surface area contributed by atoms with Crippen molar-refractivity contribution in [1.29, 1.82) is 0 Å². The lowest BCUT2D eigenvalue weighted by Gasteiger charge is -2.29. The third-order valence-corrected chi connectivity index (χ3v) is 14.3. The zero-order valence-electron chi connectivity index (χ0n) is 47.9. The van der Waals surface area contributed by atoms with E-state index in [0.717, 1.165) is 57.8 Å². The van der Waals surface area contributed by atoms with Gasteiger partial charge in [-0.2, -0.15) is 0 Å². The summed E-state index contributed by atoms with van der Waals surface area (Å²) >= 11 is 0. The zero-order valence-corrected chi connectivity index (χ0v) is 48.8. The van der Waals surface area contributed by atoms with Crippen LogP contribution in [0.3, 0.4) is 0 Å². The number of quaternary nitrogens is 1. The van der Waals surface area contributed by atoms with E-state index in [4.69, 9.17) is 9.05 Å². The van der Waals surface area contributed by atoms with Crippen LogP contribution in [0, 0.1) is 0 Å². The second-order valence-electron chi connectivity index (χ2n) is 21.7. The smallest absolute Gasteiger partial charge is 0.268 e. The molecule has 0 aromatic rings. The SMILES string of the molecule is CCCCCCC/C=C\C/C=C\C/C=C\CCCCCCCCCCCCCCCCCCCCC(=O)NC(COP(=O)([O-])OCC[N+](C)(C)C)C(O)/C=C/CC/C=C/CC/C=C/CCCCCCCCC. The Balaban J connectivity index is 4.11. The molecule has 0 saturated carbocycles. The molecule has 0 aliphatic heterocycles. The summed E-state index contributed by atoms with van der Waals surface area (Å²) in [6.07, 6.45) is 74.2. The number of likely N-dealkylation sites (N-methyl/N-ethyl adjacent to an activating group) is 1. The van der Waals surface area contributed by atoms with Gasteiger partial charge in [0.05, 0.1) is 39.9 Å². The predicted octanol–water partition coefficient (Wildman–Crippen LogP) is 18.0. The lowest BCUT2D eigenvalue weighted by atomic mass is 10.0. The van der Waals surface area contributed by atoms with Crippen molar-refractivity contribution < 1.29 is 32.9 Å². The van der Waals surface area contributed by atoms with Gasteiger partial charge in [0.25, 0.3) is 7.82 Å². The van der Waals surface area contributed by atoms with E-state index in [0.29, 0.717) is 17.4 Å². The van der Waals surface area contributed by atoms with Gasteiger partial charge in [0.1, 0.15) is 13.2 Å². The molecule has 0 aromatic carbocycles. The van der Waals surface area contributed by atoms with Crippen molar-refractivity contribution in [2.45, 2.75) is 283 Å². The molecule has 9 heteroatoms. The van der Waals surface area contributed by atoms with Crippen LogP contribution in [0.5, 0.6) is 0 Å². The topological polar surface area (TPSA) is 108 Å². The molecular formula is C63H117N2O6P. The third kappa shape index (κ3) is 55.7. The van der Waals surface area contributed by atoms with Gasteiger partial charge in [-0.1, -0.05) is 254 Å². The molecule has 3 unspecified atom stereocenters. The molecule has 0 heterocycles. The molecule has 0 aliphatic carbocycles. The minimum absolute atomic E-state index is 0.0103. The van der Waals surface area contributed by atoms with Crippen molar-refractivity contribution in [2.75, 3.05) is 40.9 Å². The van der Waals surface area contributed by atoms with Crippen LogP contribution in [0.2, 0.25) is 0 Å². The number of allylic oxidation sites excluding steroid dienone is 11. The molecule has 2 N–H and O–H groups in total. The summed E-state index contributed by atoms with van der Waals surface area (Å²) in [5.41, 5.74) is 0. The van der Waals surface area contributed by atoms with E-state index in [1.54, 1.807) is 6.08 Å². The number of aliphatic hydroxyl groups excluding tert-OH is 1. The van der Waals surface area contributed by atoms with Gasteiger partial charge in [-0.15, -0.1) is 0 Å². The molecule has 0 aliphatic rings. The van der Waals surface area contributed by atoms with E-state index in [9.17, 15) is 19.4 Å². The van der Waals surface area contributed by atoms with Gasteiger partial charge in [0, 0.05) is 6.42 Å². The fourth-order valence-corrected chi connectivity index (χ4v) is 9.33. The average Bonchev–Trinajstić information content (AvgIpc) is 3.34. The van der Waals surface area contributed by atoms with Crippen molar-refractivity contribution in [3.05, 3.63) is 72.9 Å². The molecule has 0 fully saturated rings. The quantitative estimate of drug-likeness (QED) is 0.0272. The molecule has 0 radical (unpaired) electrons. The number of phosphoric acid groups is 1. The second kappa shape index (κ2) is 53.8. The first-order valence-electron chi connectivity index (χ1n) is 30.3. The Labute approximate surface area is 446 Å². The zero-order chi connectivity index (χ0) is 52.7. The van der Waals surface area contributed by atoms with Crippen LogP contribution in [-0.4, -0.2) is 68.5 Å². The van der Waals surface area contributed by atoms with Gasteiger partial charge < -0.3 is 28.8 Å². The lowest BCUT2D eigenvalue weighted by Crippen LogP contribution is -2.45. The highest BCUT2D eigenvalue weighted by atomic mass is 31.2. The fraction of sp³-hybridized carbons (Fsp3) is 0.794. The number of carbonyl (C=O) groups excluding carboxylic acids is 1. The molecule has 0 spiro atoms. The van der Waals surface area contributed by atoms with Crippen LogP contribution in [0.1, 0.15) is 271 Å². The minimum Gasteiger partial charge on any atom is -0.756 e. The first-order chi connectivity index (χ1) is 35.0. The fourth-order valence-electron chi connectivity index (χ4n) is 8.60. The van der Waals surface area contributed by atoms with Crippen molar-refractivity contribution in [3.63, 3.8) is 0 Å². The maximum Gasteiger partial charge on any atom is 0.268 e. The highest BCUT2D eigenvalue weighted by Crippen LogP contribution is 2.38. The number of aliphatic hydroxyl groups is 1. The monoisotopic (exact) mass is 1030 g/mol. The van der Waals surface area contributed by atoms with Crippen LogP contribution in [0.15, 0.2) is 72.9 Å². The van der Waals surface area contributed by atoms with E-state index >= 15 is 0 Å². The predicted molar refractivity (Wildman–Crippen MR) is 311 cm³/mol.